The van der Waals surface area contributed by atoms with Gasteiger partial charge in [0.25, 0.3) is 0 Å². The molecule has 5 rings (SSSR count). The summed E-state index contributed by atoms with van der Waals surface area (Å²) in [7, 11) is 2.88. The van der Waals surface area contributed by atoms with Gasteiger partial charge in [-0.1, -0.05) is 15.9 Å². The van der Waals surface area contributed by atoms with Crippen molar-refractivity contribution < 1.29 is 28.5 Å². The topological polar surface area (TPSA) is 93.7 Å². The normalized spacial score (nSPS) is 18.8. The van der Waals surface area contributed by atoms with E-state index in [-0.39, 0.29) is 17.4 Å². The van der Waals surface area contributed by atoms with Gasteiger partial charge in [-0.15, -0.1) is 0 Å². The largest absolute Gasteiger partial charge is 0.493 e. The first-order chi connectivity index (χ1) is 15.9. The van der Waals surface area contributed by atoms with Gasteiger partial charge in [0.15, 0.2) is 11.5 Å². The predicted molar refractivity (Wildman–Crippen MR) is 123 cm³/mol. The fourth-order valence-corrected chi connectivity index (χ4v) is 4.75. The third-order valence-corrected chi connectivity index (χ3v) is 6.33. The molecule has 2 aromatic carbocycles. The Bertz CT molecular complexity index is 1280. The van der Waals surface area contributed by atoms with Crippen LogP contribution in [0.25, 0.3) is 0 Å². The average Bonchev–Trinajstić information content (AvgIpc) is 3.44. The Kier molecular flexibility index (Phi) is 5.28. The molecule has 1 N–H and O–H groups in total. The number of aryl methyl sites for hydroxylation is 1. The molecule has 1 aromatic heterocycles. The molecule has 2 aliphatic heterocycles. The molecule has 3 aromatic rings. The summed E-state index contributed by atoms with van der Waals surface area (Å²) in [6.45, 7) is 1.88. The number of hydrazone groups is 1. The van der Waals surface area contributed by atoms with Gasteiger partial charge in [0.2, 0.25) is 6.23 Å². The molecule has 0 fully saturated rings. The van der Waals surface area contributed by atoms with Crippen LogP contribution in [0.3, 0.4) is 0 Å². The quantitative estimate of drug-likeness (QED) is 0.495. The number of furan rings is 1. The molecule has 33 heavy (non-hydrogen) atoms. The van der Waals surface area contributed by atoms with Gasteiger partial charge in [-0.25, -0.2) is 9.80 Å². The maximum Gasteiger partial charge on any atom is 0.340 e. The fourth-order valence-electron chi connectivity index (χ4n) is 4.37. The number of halogens is 1. The van der Waals surface area contributed by atoms with Crippen LogP contribution in [0.5, 0.6) is 17.2 Å². The number of fused-ring (bicyclic) bond motifs is 3. The van der Waals surface area contributed by atoms with Crippen LogP contribution in [0.4, 0.5) is 0 Å². The zero-order valence-corrected chi connectivity index (χ0v) is 19.8. The van der Waals surface area contributed by atoms with Gasteiger partial charge >= 0.3 is 5.97 Å². The van der Waals surface area contributed by atoms with Gasteiger partial charge in [-0.3, -0.25) is 0 Å². The number of ether oxygens (including phenoxy) is 3. The summed E-state index contributed by atoms with van der Waals surface area (Å²) >= 11 is 3.54. The average molecular weight is 513 g/mol. The Morgan fingerprint density at radius 3 is 2.64 bits per heavy atom. The molecule has 170 valence electrons. The number of benzene rings is 2. The fraction of sp³-hybridized carbons (Fsp3) is 0.250. The Labute approximate surface area is 198 Å². The van der Waals surface area contributed by atoms with Crippen molar-refractivity contribution in [3.05, 3.63) is 75.1 Å². The summed E-state index contributed by atoms with van der Waals surface area (Å²) in [4.78, 5) is 12.3. The molecule has 2 unspecified atom stereocenters. The highest BCUT2D eigenvalue weighted by Crippen LogP contribution is 2.50. The number of hydrogen-bond acceptors (Lipinski definition) is 7. The van der Waals surface area contributed by atoms with E-state index in [1.807, 2.05) is 37.3 Å². The van der Waals surface area contributed by atoms with Crippen molar-refractivity contribution >= 4 is 27.6 Å². The van der Waals surface area contributed by atoms with Gasteiger partial charge < -0.3 is 23.7 Å². The van der Waals surface area contributed by atoms with E-state index in [9.17, 15) is 9.90 Å². The number of carbonyl (C=O) groups is 1. The van der Waals surface area contributed by atoms with Gasteiger partial charge in [-0.2, -0.15) is 5.10 Å². The second kappa shape index (κ2) is 8.15. The van der Waals surface area contributed by atoms with Crippen LogP contribution in [0.2, 0.25) is 0 Å². The first kappa shape index (κ1) is 21.4. The molecule has 0 aliphatic carbocycles. The molecule has 0 saturated carbocycles. The van der Waals surface area contributed by atoms with Crippen LogP contribution < -0.4 is 14.2 Å². The molecule has 0 bridgehead atoms. The minimum atomic E-state index is -1.15. The monoisotopic (exact) mass is 512 g/mol. The summed E-state index contributed by atoms with van der Waals surface area (Å²) in [5.41, 5.74) is 2.12. The second-order valence-electron chi connectivity index (χ2n) is 7.78. The first-order valence-corrected chi connectivity index (χ1v) is 11.1. The van der Waals surface area contributed by atoms with Gasteiger partial charge in [0, 0.05) is 22.0 Å². The highest BCUT2D eigenvalue weighted by molar-refractivity contribution is 9.10. The zero-order chi connectivity index (χ0) is 23.3. The van der Waals surface area contributed by atoms with E-state index in [1.165, 1.54) is 14.2 Å². The molecule has 2 aliphatic rings. The van der Waals surface area contributed by atoms with E-state index < -0.39 is 12.2 Å². The van der Waals surface area contributed by atoms with Crippen LogP contribution in [0.1, 0.15) is 51.7 Å². The van der Waals surface area contributed by atoms with E-state index in [4.69, 9.17) is 23.7 Å². The van der Waals surface area contributed by atoms with E-state index in [2.05, 4.69) is 15.9 Å². The van der Waals surface area contributed by atoms with Crippen molar-refractivity contribution in [3.8, 4) is 17.2 Å². The number of nitrogens with zero attached hydrogens (tertiary/aromatic N) is 2. The highest BCUT2D eigenvalue weighted by Gasteiger charge is 2.43. The molecule has 0 spiro atoms. The third-order valence-electron chi connectivity index (χ3n) is 5.83. The number of carboxylic acid groups (broad SMARTS) is 1. The molecule has 3 heterocycles. The minimum Gasteiger partial charge on any atom is -0.493 e. The number of aromatic carboxylic acids is 1. The Hall–Kier alpha value is -3.46. The van der Waals surface area contributed by atoms with Crippen molar-refractivity contribution in [1.82, 2.24) is 5.01 Å². The molecular formula is C24H21BrN2O6. The molecule has 8 nitrogen and oxygen atoms in total. The van der Waals surface area contributed by atoms with E-state index >= 15 is 0 Å². The van der Waals surface area contributed by atoms with E-state index in [0.29, 0.717) is 29.2 Å². The molecule has 0 amide bonds. The lowest BCUT2D eigenvalue weighted by molar-refractivity contribution is -0.0199. The van der Waals surface area contributed by atoms with Crippen LogP contribution >= 0.6 is 15.9 Å². The summed E-state index contributed by atoms with van der Waals surface area (Å²) in [5, 5.41) is 16.7. The van der Waals surface area contributed by atoms with Crippen molar-refractivity contribution in [1.29, 1.82) is 0 Å². The smallest absolute Gasteiger partial charge is 0.340 e. The van der Waals surface area contributed by atoms with Crippen molar-refractivity contribution in [2.24, 2.45) is 5.10 Å². The van der Waals surface area contributed by atoms with Crippen LogP contribution in [0, 0.1) is 6.92 Å². The Morgan fingerprint density at radius 2 is 1.97 bits per heavy atom. The molecule has 0 radical (unpaired) electrons. The lowest BCUT2D eigenvalue weighted by atomic mass is 9.96. The molecular weight excluding hydrogens is 492 g/mol. The van der Waals surface area contributed by atoms with Crippen LogP contribution in [-0.2, 0) is 0 Å². The number of methoxy groups -OCH3 is 2. The van der Waals surface area contributed by atoms with Crippen molar-refractivity contribution in [2.75, 3.05) is 14.2 Å². The summed E-state index contributed by atoms with van der Waals surface area (Å²) in [6.07, 6.45) is -0.200. The van der Waals surface area contributed by atoms with E-state index in [1.54, 1.807) is 17.1 Å². The molecule has 2 atom stereocenters. The second-order valence-corrected chi connectivity index (χ2v) is 8.70. The number of rotatable bonds is 5. The summed E-state index contributed by atoms with van der Waals surface area (Å²) < 4.78 is 23.8. The van der Waals surface area contributed by atoms with Crippen LogP contribution in [-0.4, -0.2) is 36.0 Å². The van der Waals surface area contributed by atoms with Gasteiger partial charge in [0.05, 0.1) is 20.3 Å². The minimum absolute atomic E-state index is 0.0290. The maximum absolute atomic E-state index is 12.3. The summed E-state index contributed by atoms with van der Waals surface area (Å²) in [5.74, 6) is 1.46. The Balaban J connectivity index is 1.68. The van der Waals surface area contributed by atoms with Crippen LogP contribution in [0.15, 0.2) is 56.5 Å². The van der Waals surface area contributed by atoms with Crippen molar-refractivity contribution in [2.45, 2.75) is 25.6 Å². The highest BCUT2D eigenvalue weighted by atomic mass is 79.9. The number of hydrogen-bond donors (Lipinski definition) is 1. The first-order valence-electron chi connectivity index (χ1n) is 10.3. The Morgan fingerprint density at radius 1 is 1.15 bits per heavy atom. The van der Waals surface area contributed by atoms with Gasteiger partial charge in [-0.05, 0) is 49.4 Å². The number of carboxylic acids is 1. The molecule has 9 heteroatoms. The maximum atomic E-state index is 12.3. The SMILES string of the molecule is COc1ccc(C2Oc3ccc(Br)cc3C3CC(c4ccc(C)o4)=NN32)c(C(=O)O)c1OC. The summed E-state index contributed by atoms with van der Waals surface area (Å²) in [6, 6.07) is 12.8. The molecule has 0 saturated heterocycles. The third kappa shape index (κ3) is 3.52. The predicted octanol–water partition coefficient (Wildman–Crippen LogP) is 5.31. The zero-order valence-electron chi connectivity index (χ0n) is 18.2. The lowest BCUT2D eigenvalue weighted by Crippen LogP contribution is -2.34. The standard InChI is InChI=1S/C24H21BrN2O6/c1-12-4-7-19(32-12)16-11-17-15-10-13(25)5-8-18(15)33-23(27(17)26-16)14-6-9-20(30-2)22(31-3)21(14)24(28)29/h4-10,17,23H,11H2,1-3H3,(H,28,29). The van der Waals surface area contributed by atoms with Crippen molar-refractivity contribution in [3.63, 3.8) is 0 Å². The van der Waals surface area contributed by atoms with Gasteiger partial charge in [0.1, 0.15) is 28.5 Å². The lowest BCUT2D eigenvalue weighted by Gasteiger charge is -2.38. The van der Waals surface area contributed by atoms with E-state index in [0.717, 1.165) is 21.5 Å².